The van der Waals surface area contributed by atoms with E-state index in [4.69, 9.17) is 0 Å². The molecule has 10 rings (SSSR count). The number of fused-ring (bicyclic) bond motifs is 3. The summed E-state index contributed by atoms with van der Waals surface area (Å²) in [7, 11) is 0. The van der Waals surface area contributed by atoms with Gasteiger partial charge in [0.05, 0.1) is 5.69 Å². The minimum Gasteiger partial charge on any atom is -0.310 e. The Bertz CT molecular complexity index is 2960. The third kappa shape index (κ3) is 6.46. The van der Waals surface area contributed by atoms with E-state index in [0.29, 0.717) is 0 Å². The van der Waals surface area contributed by atoms with E-state index >= 15 is 0 Å². The molecule has 0 fully saturated rings. The van der Waals surface area contributed by atoms with Crippen molar-refractivity contribution in [3.63, 3.8) is 0 Å². The van der Waals surface area contributed by atoms with Crippen molar-refractivity contribution in [2.75, 3.05) is 4.90 Å². The third-order valence-electron chi connectivity index (χ3n) is 11.1. The Morgan fingerprint density at radius 3 is 1.25 bits per heavy atom. The van der Waals surface area contributed by atoms with Crippen molar-refractivity contribution in [2.24, 2.45) is 0 Å². The molecule has 0 atom stereocenters. The summed E-state index contributed by atoms with van der Waals surface area (Å²) >= 11 is 0. The van der Waals surface area contributed by atoms with Crippen LogP contribution in [-0.2, 0) is 0 Å². The lowest BCUT2D eigenvalue weighted by molar-refractivity contribution is 1.28. The Labute approximate surface area is 334 Å². The van der Waals surface area contributed by atoms with Crippen LogP contribution in [0, 0.1) is 0 Å². The van der Waals surface area contributed by atoms with Crippen LogP contribution in [0.2, 0.25) is 0 Å². The molecule has 0 radical (unpaired) electrons. The molecule has 0 aliphatic heterocycles. The minimum absolute atomic E-state index is 1.10. The monoisotopic (exact) mass is 725 g/mol. The second kappa shape index (κ2) is 15.0. The maximum Gasteiger partial charge on any atom is 0.0540 e. The Hall–Kier alpha value is -7.48. The normalized spacial score (nSPS) is 11.2. The molecule has 0 saturated carbocycles. The van der Waals surface area contributed by atoms with Crippen LogP contribution in [0.25, 0.3) is 77.2 Å². The molecule has 10 aromatic carbocycles. The first-order valence-electron chi connectivity index (χ1n) is 19.6. The van der Waals surface area contributed by atoms with Gasteiger partial charge in [0.15, 0.2) is 0 Å². The topological polar surface area (TPSA) is 3.24 Å². The van der Waals surface area contributed by atoms with Gasteiger partial charge in [0, 0.05) is 16.9 Å². The first kappa shape index (κ1) is 34.0. The average Bonchev–Trinajstić information content (AvgIpc) is 3.30. The molecule has 0 bridgehead atoms. The Morgan fingerprint density at radius 2 is 0.632 bits per heavy atom. The Balaban J connectivity index is 1.13. The molecule has 10 aromatic rings. The summed E-state index contributed by atoms with van der Waals surface area (Å²) in [6.45, 7) is 0. The van der Waals surface area contributed by atoms with Gasteiger partial charge in [-0.1, -0.05) is 194 Å². The molecule has 0 amide bonds. The fraction of sp³-hybridized carbons (Fsp3) is 0. The minimum atomic E-state index is 1.10. The first-order valence-corrected chi connectivity index (χ1v) is 19.6. The Kier molecular flexibility index (Phi) is 8.95. The van der Waals surface area contributed by atoms with E-state index in [-0.39, 0.29) is 0 Å². The molecule has 0 spiro atoms. The summed E-state index contributed by atoms with van der Waals surface area (Å²) in [6, 6.07) is 85.5. The van der Waals surface area contributed by atoms with E-state index in [1.807, 2.05) is 0 Å². The predicted octanol–water partition coefficient (Wildman–Crippen LogP) is 15.8. The van der Waals surface area contributed by atoms with Crippen molar-refractivity contribution in [1.29, 1.82) is 0 Å². The van der Waals surface area contributed by atoms with Crippen LogP contribution in [0.1, 0.15) is 0 Å². The molecule has 0 N–H and O–H groups in total. The number of benzene rings is 10. The van der Waals surface area contributed by atoms with Gasteiger partial charge in [-0.15, -0.1) is 0 Å². The molecule has 0 unspecified atom stereocenters. The van der Waals surface area contributed by atoms with Crippen molar-refractivity contribution in [3.05, 3.63) is 237 Å². The first-order chi connectivity index (χ1) is 28.3. The molecule has 1 heteroatoms. The molecule has 57 heavy (non-hydrogen) atoms. The van der Waals surface area contributed by atoms with Gasteiger partial charge in [0.25, 0.3) is 0 Å². The van der Waals surface area contributed by atoms with Gasteiger partial charge in [0.2, 0.25) is 0 Å². The van der Waals surface area contributed by atoms with Crippen LogP contribution >= 0.6 is 0 Å². The molecular formula is C56H39N. The third-order valence-corrected chi connectivity index (χ3v) is 11.1. The number of anilines is 3. The SMILES string of the molecule is c1ccc(-c2ccc(N(c3ccccc3)c3ccc(-c4ccc5c(c4)c(-c4ccccc4)c(-c4ccccc4)c4ccccc45)cc3)c(-c3ccccc3)c2)cc1. The maximum absolute atomic E-state index is 2.40. The highest BCUT2D eigenvalue weighted by Gasteiger charge is 2.20. The number of hydrogen-bond acceptors (Lipinski definition) is 1. The van der Waals surface area contributed by atoms with Crippen molar-refractivity contribution in [3.8, 4) is 55.6 Å². The van der Waals surface area contributed by atoms with E-state index < -0.39 is 0 Å². The van der Waals surface area contributed by atoms with Crippen LogP contribution in [0.5, 0.6) is 0 Å². The standard InChI is InChI=1S/C56H39N/c1-6-18-40(19-7-1)46-33-37-54(52(38-46)42-20-8-2-9-21-42)57(47-26-14-5-15-27-47)48-34-30-41(31-35-48)45-32-36-50-49-28-16-17-29-51(49)55(43-22-10-3-11-23-43)56(53(50)39-45)44-24-12-4-13-25-44/h1-39H. The highest BCUT2D eigenvalue weighted by molar-refractivity contribution is 6.22. The number of nitrogens with zero attached hydrogens (tertiary/aromatic N) is 1. The van der Waals surface area contributed by atoms with E-state index in [2.05, 4.69) is 241 Å². The lowest BCUT2D eigenvalue weighted by Crippen LogP contribution is -2.11. The maximum atomic E-state index is 2.40. The molecule has 268 valence electrons. The summed E-state index contributed by atoms with van der Waals surface area (Å²) in [4.78, 5) is 2.38. The van der Waals surface area contributed by atoms with Crippen LogP contribution < -0.4 is 4.90 Å². The fourth-order valence-corrected chi connectivity index (χ4v) is 8.38. The van der Waals surface area contributed by atoms with Crippen LogP contribution in [0.3, 0.4) is 0 Å². The number of rotatable bonds is 8. The highest BCUT2D eigenvalue weighted by atomic mass is 15.1. The van der Waals surface area contributed by atoms with E-state index in [0.717, 1.165) is 17.1 Å². The molecular weight excluding hydrogens is 687 g/mol. The summed E-state index contributed by atoms with van der Waals surface area (Å²) in [6.07, 6.45) is 0. The molecule has 0 aliphatic rings. The highest BCUT2D eigenvalue weighted by Crippen LogP contribution is 2.46. The lowest BCUT2D eigenvalue weighted by Gasteiger charge is -2.28. The second-order valence-corrected chi connectivity index (χ2v) is 14.5. The van der Waals surface area contributed by atoms with E-state index in [1.165, 1.54) is 77.2 Å². The average molecular weight is 726 g/mol. The van der Waals surface area contributed by atoms with Crippen molar-refractivity contribution in [2.45, 2.75) is 0 Å². The van der Waals surface area contributed by atoms with Gasteiger partial charge in [-0.05, 0) is 114 Å². The van der Waals surface area contributed by atoms with Gasteiger partial charge in [-0.3, -0.25) is 0 Å². The van der Waals surface area contributed by atoms with E-state index in [9.17, 15) is 0 Å². The van der Waals surface area contributed by atoms with Gasteiger partial charge in [-0.2, -0.15) is 0 Å². The quantitative estimate of drug-likeness (QED) is 0.141. The largest absolute Gasteiger partial charge is 0.310 e. The predicted molar refractivity (Wildman–Crippen MR) is 243 cm³/mol. The van der Waals surface area contributed by atoms with Crippen molar-refractivity contribution < 1.29 is 0 Å². The van der Waals surface area contributed by atoms with Gasteiger partial charge in [0.1, 0.15) is 0 Å². The van der Waals surface area contributed by atoms with Crippen molar-refractivity contribution in [1.82, 2.24) is 0 Å². The Morgan fingerprint density at radius 1 is 0.228 bits per heavy atom. The van der Waals surface area contributed by atoms with Crippen LogP contribution in [-0.4, -0.2) is 0 Å². The van der Waals surface area contributed by atoms with Crippen molar-refractivity contribution >= 4 is 38.6 Å². The number of para-hydroxylation sites is 1. The second-order valence-electron chi connectivity index (χ2n) is 14.5. The smallest absolute Gasteiger partial charge is 0.0540 e. The molecule has 0 aliphatic carbocycles. The zero-order chi connectivity index (χ0) is 38.0. The molecule has 0 aromatic heterocycles. The summed E-state index contributed by atoms with van der Waals surface area (Å²) in [5.74, 6) is 0. The van der Waals surface area contributed by atoms with E-state index in [1.54, 1.807) is 0 Å². The fourth-order valence-electron chi connectivity index (χ4n) is 8.38. The summed E-state index contributed by atoms with van der Waals surface area (Å²) in [5.41, 5.74) is 15.4. The molecule has 0 saturated heterocycles. The molecule has 0 heterocycles. The van der Waals surface area contributed by atoms with Gasteiger partial charge in [-0.25, -0.2) is 0 Å². The number of hydrogen-bond donors (Lipinski definition) is 0. The van der Waals surface area contributed by atoms with Crippen LogP contribution in [0.4, 0.5) is 17.1 Å². The summed E-state index contributed by atoms with van der Waals surface area (Å²) in [5, 5.41) is 5.03. The van der Waals surface area contributed by atoms with Gasteiger partial charge < -0.3 is 4.90 Å². The van der Waals surface area contributed by atoms with Crippen LogP contribution in [0.15, 0.2) is 237 Å². The zero-order valence-corrected chi connectivity index (χ0v) is 31.5. The molecule has 1 nitrogen and oxygen atoms in total. The lowest BCUT2D eigenvalue weighted by atomic mass is 9.84. The van der Waals surface area contributed by atoms with Gasteiger partial charge >= 0.3 is 0 Å². The summed E-state index contributed by atoms with van der Waals surface area (Å²) < 4.78 is 0. The zero-order valence-electron chi connectivity index (χ0n) is 31.5.